The zero-order chi connectivity index (χ0) is 26.0. The number of methoxy groups -OCH3 is 3. The van der Waals surface area contributed by atoms with Crippen LogP contribution >= 0.6 is 0 Å². The first-order valence-electron chi connectivity index (χ1n) is 12.0. The minimum absolute atomic E-state index is 0.0103. The van der Waals surface area contributed by atoms with Crippen molar-refractivity contribution in [2.24, 2.45) is 11.3 Å². The van der Waals surface area contributed by atoms with Crippen molar-refractivity contribution in [3.05, 3.63) is 54.1 Å². The lowest BCUT2D eigenvalue weighted by Crippen LogP contribution is -2.36. The lowest BCUT2D eigenvalue weighted by Gasteiger charge is -2.23. The van der Waals surface area contributed by atoms with Crippen LogP contribution in [0.3, 0.4) is 0 Å². The average molecular weight is 491 g/mol. The molecule has 1 N–H and O–H groups in total. The highest BCUT2D eigenvalue weighted by Crippen LogP contribution is 2.41. The van der Waals surface area contributed by atoms with E-state index in [0.717, 1.165) is 27.5 Å². The second kappa shape index (κ2) is 10.1. The summed E-state index contributed by atoms with van der Waals surface area (Å²) in [6.07, 6.45) is 0.307. The van der Waals surface area contributed by atoms with Gasteiger partial charge in [-0.15, -0.1) is 0 Å². The summed E-state index contributed by atoms with van der Waals surface area (Å²) in [7, 11) is 6.44. The molecule has 2 amide bonds. The SMILES string of the molecule is CNC(=O)C1CN(C(=O)Cc2ccc3cc(-c4cc(OC)c(OC)c(OC)c4)ccc3c2)CC1(C)C. The van der Waals surface area contributed by atoms with Gasteiger partial charge in [0.2, 0.25) is 17.6 Å². The van der Waals surface area contributed by atoms with Crippen LogP contribution in [0.1, 0.15) is 19.4 Å². The number of rotatable bonds is 7. The van der Waals surface area contributed by atoms with Crippen LogP contribution in [0.2, 0.25) is 0 Å². The molecule has 0 aromatic heterocycles. The molecule has 1 heterocycles. The Morgan fingerprint density at radius 2 is 1.56 bits per heavy atom. The molecule has 0 radical (unpaired) electrons. The van der Waals surface area contributed by atoms with Crippen molar-refractivity contribution >= 4 is 22.6 Å². The Hall–Kier alpha value is -3.74. The van der Waals surface area contributed by atoms with Gasteiger partial charge in [0.1, 0.15) is 0 Å². The Kier molecular flexibility index (Phi) is 7.11. The molecule has 0 spiro atoms. The fourth-order valence-electron chi connectivity index (χ4n) is 5.06. The molecule has 190 valence electrons. The van der Waals surface area contributed by atoms with E-state index < -0.39 is 0 Å². The van der Waals surface area contributed by atoms with Crippen LogP contribution in [0.4, 0.5) is 0 Å². The number of hydrogen-bond donors (Lipinski definition) is 1. The maximum Gasteiger partial charge on any atom is 0.227 e. The highest BCUT2D eigenvalue weighted by Gasteiger charge is 2.44. The largest absolute Gasteiger partial charge is 0.493 e. The Morgan fingerprint density at radius 1 is 0.917 bits per heavy atom. The van der Waals surface area contributed by atoms with Crippen LogP contribution < -0.4 is 19.5 Å². The lowest BCUT2D eigenvalue weighted by molar-refractivity contribution is -0.130. The molecule has 7 nitrogen and oxygen atoms in total. The van der Waals surface area contributed by atoms with Crippen molar-refractivity contribution in [3.63, 3.8) is 0 Å². The Bertz CT molecular complexity index is 1280. The summed E-state index contributed by atoms with van der Waals surface area (Å²) >= 11 is 0. The summed E-state index contributed by atoms with van der Waals surface area (Å²) in [5, 5.41) is 4.86. The zero-order valence-electron chi connectivity index (χ0n) is 21.8. The van der Waals surface area contributed by atoms with E-state index in [4.69, 9.17) is 14.2 Å². The van der Waals surface area contributed by atoms with Crippen molar-refractivity contribution in [1.29, 1.82) is 0 Å². The second-order valence-electron chi connectivity index (χ2n) is 9.92. The van der Waals surface area contributed by atoms with Crippen molar-refractivity contribution in [2.45, 2.75) is 20.3 Å². The Balaban J connectivity index is 1.55. The van der Waals surface area contributed by atoms with E-state index in [-0.39, 0.29) is 23.1 Å². The minimum atomic E-state index is -0.248. The molecule has 1 saturated heterocycles. The predicted molar refractivity (Wildman–Crippen MR) is 141 cm³/mol. The minimum Gasteiger partial charge on any atom is -0.493 e. The molecule has 0 aliphatic carbocycles. The van der Waals surface area contributed by atoms with Gasteiger partial charge in [-0.3, -0.25) is 9.59 Å². The maximum absolute atomic E-state index is 13.1. The summed E-state index contributed by atoms with van der Waals surface area (Å²) < 4.78 is 16.4. The molecule has 4 rings (SSSR count). The van der Waals surface area contributed by atoms with Gasteiger partial charge in [-0.1, -0.05) is 44.2 Å². The number of ether oxygens (including phenoxy) is 3. The third kappa shape index (κ3) is 4.83. The number of carbonyl (C=O) groups is 2. The van der Waals surface area contributed by atoms with Crippen LogP contribution in [0.5, 0.6) is 17.2 Å². The number of nitrogens with one attached hydrogen (secondary N) is 1. The first kappa shape index (κ1) is 25.4. The Morgan fingerprint density at radius 3 is 2.17 bits per heavy atom. The van der Waals surface area contributed by atoms with Gasteiger partial charge in [-0.2, -0.15) is 0 Å². The molecule has 0 bridgehead atoms. The topological polar surface area (TPSA) is 77.1 Å². The molecule has 36 heavy (non-hydrogen) atoms. The third-order valence-electron chi connectivity index (χ3n) is 7.12. The molecule has 1 aliphatic rings. The number of fused-ring (bicyclic) bond motifs is 1. The monoisotopic (exact) mass is 490 g/mol. The first-order chi connectivity index (χ1) is 17.2. The molecular weight excluding hydrogens is 456 g/mol. The van der Waals surface area contributed by atoms with Crippen LogP contribution in [-0.4, -0.2) is 58.2 Å². The molecule has 3 aromatic carbocycles. The van der Waals surface area contributed by atoms with Gasteiger partial charge in [0.05, 0.1) is 33.7 Å². The molecular formula is C29H34N2O5. The van der Waals surface area contributed by atoms with Gasteiger partial charge >= 0.3 is 0 Å². The summed E-state index contributed by atoms with van der Waals surface area (Å²) in [6, 6.07) is 16.2. The van der Waals surface area contributed by atoms with Crippen LogP contribution in [0.15, 0.2) is 48.5 Å². The predicted octanol–water partition coefficient (Wildman–Crippen LogP) is 4.31. The van der Waals surface area contributed by atoms with E-state index in [2.05, 4.69) is 23.5 Å². The molecule has 1 aliphatic heterocycles. The Labute approximate surface area is 212 Å². The van der Waals surface area contributed by atoms with Gasteiger partial charge < -0.3 is 24.4 Å². The van der Waals surface area contributed by atoms with Gasteiger partial charge in [0.25, 0.3) is 0 Å². The maximum atomic E-state index is 13.1. The molecule has 1 atom stereocenters. The van der Waals surface area contributed by atoms with Crippen molar-refractivity contribution in [3.8, 4) is 28.4 Å². The lowest BCUT2D eigenvalue weighted by atomic mass is 9.81. The van der Waals surface area contributed by atoms with E-state index in [0.29, 0.717) is 36.8 Å². The molecule has 7 heteroatoms. The van der Waals surface area contributed by atoms with Crippen LogP contribution in [0.25, 0.3) is 21.9 Å². The number of benzene rings is 3. The number of nitrogens with zero attached hydrogens (tertiary/aromatic N) is 1. The second-order valence-corrected chi connectivity index (χ2v) is 9.92. The number of carbonyl (C=O) groups excluding carboxylic acids is 2. The van der Waals surface area contributed by atoms with Crippen molar-refractivity contribution < 1.29 is 23.8 Å². The van der Waals surface area contributed by atoms with Crippen molar-refractivity contribution in [1.82, 2.24) is 10.2 Å². The van der Waals surface area contributed by atoms with E-state index in [1.165, 1.54) is 0 Å². The van der Waals surface area contributed by atoms with Gasteiger partial charge in [0, 0.05) is 20.1 Å². The highest BCUT2D eigenvalue weighted by atomic mass is 16.5. The first-order valence-corrected chi connectivity index (χ1v) is 12.0. The standard InChI is InChI=1S/C29H34N2O5/c1-29(2)17-31(16-23(29)28(33)30-3)26(32)12-18-7-8-20-13-21(10-9-19(20)11-18)22-14-24(34-4)27(36-6)25(15-22)35-5/h7-11,13-15,23H,12,16-17H2,1-6H3,(H,30,33). The van der Waals surface area contributed by atoms with Gasteiger partial charge in [-0.05, 0) is 51.1 Å². The molecule has 1 unspecified atom stereocenters. The highest BCUT2D eigenvalue weighted by molar-refractivity contribution is 5.90. The van der Waals surface area contributed by atoms with Gasteiger partial charge in [0.15, 0.2) is 11.5 Å². The van der Waals surface area contributed by atoms with Gasteiger partial charge in [-0.25, -0.2) is 0 Å². The third-order valence-corrected chi connectivity index (χ3v) is 7.12. The number of amides is 2. The fraction of sp³-hybridized carbons (Fsp3) is 0.379. The normalized spacial score (nSPS) is 16.6. The zero-order valence-corrected chi connectivity index (χ0v) is 21.8. The smallest absolute Gasteiger partial charge is 0.227 e. The summed E-state index contributed by atoms with van der Waals surface area (Å²) in [6.45, 7) is 5.12. The van der Waals surface area contributed by atoms with E-state index >= 15 is 0 Å². The molecule has 3 aromatic rings. The number of hydrogen-bond acceptors (Lipinski definition) is 5. The molecule has 1 fully saturated rings. The fourth-order valence-corrected chi connectivity index (χ4v) is 5.06. The van der Waals surface area contributed by atoms with Crippen LogP contribution in [0, 0.1) is 11.3 Å². The molecule has 0 saturated carbocycles. The van der Waals surface area contributed by atoms with E-state index in [9.17, 15) is 9.59 Å². The van der Waals surface area contributed by atoms with E-state index in [1.54, 1.807) is 28.4 Å². The summed E-state index contributed by atoms with van der Waals surface area (Å²) in [4.78, 5) is 27.2. The van der Waals surface area contributed by atoms with Crippen molar-refractivity contribution in [2.75, 3.05) is 41.5 Å². The quantitative estimate of drug-likeness (QED) is 0.534. The number of likely N-dealkylation sites (tertiary alicyclic amines) is 1. The summed E-state index contributed by atoms with van der Waals surface area (Å²) in [5.74, 6) is 1.60. The van der Waals surface area contributed by atoms with E-state index in [1.807, 2.05) is 49.1 Å². The van der Waals surface area contributed by atoms with Crippen LogP contribution in [-0.2, 0) is 16.0 Å². The summed E-state index contributed by atoms with van der Waals surface area (Å²) in [5.41, 5.74) is 2.68. The average Bonchev–Trinajstić information content (AvgIpc) is 3.22.